The first kappa shape index (κ1) is 30.1. The average molecular weight is 546 g/mol. The van der Waals surface area contributed by atoms with E-state index in [1.807, 2.05) is 32.6 Å². The maximum atomic E-state index is 13.5. The molecule has 0 spiro atoms. The Hall–Kier alpha value is -3.47. The molecule has 2 aliphatic heterocycles. The molecule has 2 N–H and O–H groups in total. The van der Waals surface area contributed by atoms with Crippen LogP contribution in [0.5, 0.6) is 11.5 Å². The molecule has 39 heavy (non-hydrogen) atoms. The van der Waals surface area contributed by atoms with Crippen LogP contribution in [0.2, 0.25) is 0 Å². The Kier molecular flexibility index (Phi) is 10.1. The molecule has 1 aromatic rings. The van der Waals surface area contributed by atoms with Gasteiger partial charge in [0.25, 0.3) is 0 Å². The summed E-state index contributed by atoms with van der Waals surface area (Å²) in [5, 5.41) is 6.02. The maximum absolute atomic E-state index is 13.5. The van der Waals surface area contributed by atoms with Crippen molar-refractivity contribution in [2.24, 2.45) is 0 Å². The number of amides is 4. The van der Waals surface area contributed by atoms with Crippen LogP contribution in [0.25, 0.3) is 0 Å². The molecule has 0 aliphatic carbocycles. The Morgan fingerprint density at radius 2 is 1.82 bits per heavy atom. The summed E-state index contributed by atoms with van der Waals surface area (Å²) in [7, 11) is 3.10. The standard InChI is InChI=1S/C28H43N5O6/c1-8-33-21(18-31-13-10-14-32(16-15-31)27(36)30-28(3,4)5)23(25(34)39-9-2)24(29-26(33)35)20-12-11-19(37-6)17-22(20)38-7/h11-12,17,24H,8-10,13-16,18H2,1-7H3,(H,29,35)(H,30,36)/t24-/m1/s1. The Bertz CT molecular complexity index is 1080. The molecule has 1 fully saturated rings. The number of benzene rings is 1. The molecule has 0 bridgehead atoms. The van der Waals surface area contributed by atoms with Crippen LogP contribution >= 0.6 is 0 Å². The maximum Gasteiger partial charge on any atom is 0.338 e. The van der Waals surface area contributed by atoms with Crippen LogP contribution in [0.1, 0.15) is 52.6 Å². The highest BCUT2D eigenvalue weighted by molar-refractivity contribution is 5.95. The summed E-state index contributed by atoms with van der Waals surface area (Å²) >= 11 is 0. The fraction of sp³-hybridized carbons (Fsp3) is 0.607. The van der Waals surface area contributed by atoms with Gasteiger partial charge < -0.3 is 29.7 Å². The van der Waals surface area contributed by atoms with Crippen molar-refractivity contribution in [3.63, 3.8) is 0 Å². The Morgan fingerprint density at radius 3 is 2.44 bits per heavy atom. The zero-order chi connectivity index (χ0) is 28.7. The summed E-state index contributed by atoms with van der Waals surface area (Å²) in [4.78, 5) is 45.2. The van der Waals surface area contributed by atoms with Crippen molar-refractivity contribution in [2.75, 3.05) is 60.1 Å². The predicted octanol–water partition coefficient (Wildman–Crippen LogP) is 3.12. The van der Waals surface area contributed by atoms with E-state index in [9.17, 15) is 14.4 Å². The lowest BCUT2D eigenvalue weighted by Gasteiger charge is -2.38. The van der Waals surface area contributed by atoms with E-state index in [2.05, 4.69) is 15.5 Å². The van der Waals surface area contributed by atoms with E-state index in [4.69, 9.17) is 14.2 Å². The largest absolute Gasteiger partial charge is 0.497 e. The first-order valence-corrected chi connectivity index (χ1v) is 13.5. The minimum atomic E-state index is -0.767. The van der Waals surface area contributed by atoms with Crippen LogP contribution in [0.3, 0.4) is 0 Å². The zero-order valence-electron chi connectivity index (χ0n) is 24.3. The number of nitrogens with zero attached hydrogens (tertiary/aromatic N) is 3. The molecule has 4 amide bonds. The minimum Gasteiger partial charge on any atom is -0.497 e. The number of hydrogen-bond acceptors (Lipinski definition) is 7. The van der Waals surface area contributed by atoms with E-state index in [0.29, 0.717) is 67.6 Å². The van der Waals surface area contributed by atoms with Gasteiger partial charge in [0.1, 0.15) is 11.5 Å². The third-order valence-electron chi connectivity index (χ3n) is 6.73. The number of rotatable bonds is 8. The Labute approximate surface area is 231 Å². The molecule has 0 aromatic heterocycles. The summed E-state index contributed by atoms with van der Waals surface area (Å²) in [6, 6.07) is 4.13. The van der Waals surface area contributed by atoms with Crippen LogP contribution in [0.4, 0.5) is 9.59 Å². The van der Waals surface area contributed by atoms with E-state index in [0.717, 1.165) is 6.42 Å². The third kappa shape index (κ3) is 7.35. The predicted molar refractivity (Wildman–Crippen MR) is 148 cm³/mol. The number of carbonyl (C=O) groups excluding carboxylic acids is 3. The van der Waals surface area contributed by atoms with Crippen LogP contribution in [0, 0.1) is 0 Å². The van der Waals surface area contributed by atoms with Crippen molar-refractivity contribution in [2.45, 2.75) is 52.6 Å². The second-order valence-corrected chi connectivity index (χ2v) is 10.6. The molecule has 3 rings (SSSR count). The Balaban J connectivity index is 1.99. The van der Waals surface area contributed by atoms with Gasteiger partial charge >= 0.3 is 18.0 Å². The van der Waals surface area contributed by atoms with Crippen LogP contribution in [-0.2, 0) is 9.53 Å². The van der Waals surface area contributed by atoms with Crippen molar-refractivity contribution in [3.05, 3.63) is 35.0 Å². The number of ether oxygens (including phenoxy) is 3. The van der Waals surface area contributed by atoms with Gasteiger partial charge in [-0.25, -0.2) is 14.4 Å². The van der Waals surface area contributed by atoms with Gasteiger partial charge in [0.15, 0.2) is 0 Å². The SMILES string of the molecule is CCOC(=O)C1=C(CN2CCCN(C(=O)NC(C)(C)C)CC2)N(CC)C(=O)N[C@@H]1c1ccc(OC)cc1OC. The van der Waals surface area contributed by atoms with E-state index in [1.165, 1.54) is 7.11 Å². The zero-order valence-corrected chi connectivity index (χ0v) is 24.3. The summed E-state index contributed by atoms with van der Waals surface area (Å²) in [5.41, 5.74) is 1.27. The number of hydrogen-bond donors (Lipinski definition) is 2. The lowest BCUT2D eigenvalue weighted by molar-refractivity contribution is -0.139. The lowest BCUT2D eigenvalue weighted by Crippen LogP contribution is -2.51. The first-order chi connectivity index (χ1) is 18.5. The third-order valence-corrected chi connectivity index (χ3v) is 6.73. The highest BCUT2D eigenvalue weighted by Gasteiger charge is 2.39. The number of likely N-dealkylation sites (N-methyl/N-ethyl adjacent to an activating group) is 1. The van der Waals surface area contributed by atoms with Gasteiger partial charge in [-0.05, 0) is 53.2 Å². The number of nitrogens with one attached hydrogen (secondary N) is 2. The van der Waals surface area contributed by atoms with E-state index >= 15 is 0 Å². The molecule has 0 unspecified atom stereocenters. The number of methoxy groups -OCH3 is 2. The fourth-order valence-corrected chi connectivity index (χ4v) is 4.89. The molecular weight excluding hydrogens is 502 g/mol. The number of esters is 1. The molecule has 1 atom stereocenters. The normalized spacial score (nSPS) is 18.8. The molecule has 0 saturated carbocycles. The highest BCUT2D eigenvalue weighted by Crippen LogP contribution is 2.38. The Morgan fingerprint density at radius 1 is 1.08 bits per heavy atom. The van der Waals surface area contributed by atoms with Gasteiger partial charge in [0, 0.05) is 62.1 Å². The fourth-order valence-electron chi connectivity index (χ4n) is 4.89. The van der Waals surface area contributed by atoms with E-state index < -0.39 is 12.0 Å². The molecule has 11 nitrogen and oxygen atoms in total. The number of carbonyl (C=O) groups is 3. The van der Waals surface area contributed by atoms with Crippen molar-refractivity contribution in [1.82, 2.24) is 25.3 Å². The molecule has 216 valence electrons. The van der Waals surface area contributed by atoms with Crippen LogP contribution in [-0.4, -0.2) is 98.4 Å². The lowest BCUT2D eigenvalue weighted by atomic mass is 9.93. The molecule has 1 saturated heterocycles. The van der Waals surface area contributed by atoms with Gasteiger partial charge in [-0.15, -0.1) is 0 Å². The van der Waals surface area contributed by atoms with Crippen molar-refractivity contribution in [3.8, 4) is 11.5 Å². The van der Waals surface area contributed by atoms with Gasteiger partial charge in [0.05, 0.1) is 32.4 Å². The van der Waals surface area contributed by atoms with Crippen molar-refractivity contribution >= 4 is 18.0 Å². The minimum absolute atomic E-state index is 0.0883. The van der Waals surface area contributed by atoms with Gasteiger partial charge in [-0.3, -0.25) is 9.80 Å². The van der Waals surface area contributed by atoms with Gasteiger partial charge in [0.2, 0.25) is 0 Å². The summed E-state index contributed by atoms with van der Waals surface area (Å²) in [6.45, 7) is 12.9. The second kappa shape index (κ2) is 13.1. The van der Waals surface area contributed by atoms with Crippen molar-refractivity contribution < 1.29 is 28.6 Å². The monoisotopic (exact) mass is 545 g/mol. The average Bonchev–Trinajstić information content (AvgIpc) is 3.13. The molecular formula is C28H43N5O6. The second-order valence-electron chi connectivity index (χ2n) is 10.6. The van der Waals surface area contributed by atoms with Crippen molar-refractivity contribution in [1.29, 1.82) is 0 Å². The van der Waals surface area contributed by atoms with E-state index in [-0.39, 0.29) is 24.2 Å². The van der Waals surface area contributed by atoms with Crippen LogP contribution < -0.4 is 20.1 Å². The molecule has 11 heteroatoms. The number of urea groups is 2. The topological polar surface area (TPSA) is 113 Å². The van der Waals surface area contributed by atoms with Gasteiger partial charge in [-0.2, -0.15) is 0 Å². The smallest absolute Gasteiger partial charge is 0.338 e. The molecule has 2 heterocycles. The van der Waals surface area contributed by atoms with Gasteiger partial charge in [-0.1, -0.05) is 0 Å². The highest BCUT2D eigenvalue weighted by atomic mass is 16.5. The first-order valence-electron chi connectivity index (χ1n) is 13.5. The molecule has 0 radical (unpaired) electrons. The summed E-state index contributed by atoms with van der Waals surface area (Å²) in [6.07, 6.45) is 0.771. The molecule has 2 aliphatic rings. The summed E-state index contributed by atoms with van der Waals surface area (Å²) < 4.78 is 16.4. The quantitative estimate of drug-likeness (QED) is 0.483. The van der Waals surface area contributed by atoms with E-state index in [1.54, 1.807) is 37.1 Å². The summed E-state index contributed by atoms with van der Waals surface area (Å²) in [5.74, 6) is 0.593. The van der Waals surface area contributed by atoms with Crippen LogP contribution in [0.15, 0.2) is 29.5 Å². The molecule has 1 aromatic carbocycles.